The quantitative estimate of drug-likeness (QED) is 0.107. The summed E-state index contributed by atoms with van der Waals surface area (Å²) in [5.41, 5.74) is -3.56. The summed E-state index contributed by atoms with van der Waals surface area (Å²) in [5, 5.41) is 23.8. The molecule has 3 fully saturated rings. The number of likely N-dealkylation sites (N-methyl/N-ethyl adjacent to an activating group) is 2. The molecule has 0 spiro atoms. The fourth-order valence-electron chi connectivity index (χ4n) is 10.2. The lowest BCUT2D eigenvalue weighted by Gasteiger charge is -2.51. The van der Waals surface area contributed by atoms with Crippen LogP contribution in [0.5, 0.6) is 0 Å². The fourth-order valence-corrected chi connectivity index (χ4v) is 12.5. The number of rotatable bonds is 14. The van der Waals surface area contributed by atoms with Crippen LogP contribution in [0.4, 0.5) is 0 Å². The number of carbonyl (C=O) groups excluding carboxylic acids is 1. The highest BCUT2D eigenvalue weighted by molar-refractivity contribution is 6.70. The molecule has 18 atom stereocenters. The third-order valence-corrected chi connectivity index (χ3v) is 15.6. The van der Waals surface area contributed by atoms with Crippen molar-refractivity contribution >= 4 is 22.6 Å². The van der Waals surface area contributed by atoms with Crippen LogP contribution in [0.25, 0.3) is 0 Å². The molecule has 370 valence electrons. The maximum absolute atomic E-state index is 14.8. The van der Waals surface area contributed by atoms with E-state index in [1.165, 1.54) is 0 Å². The second-order valence-electron chi connectivity index (χ2n) is 22.1. The maximum atomic E-state index is 14.8. The average molecular weight is 933 g/mol. The second kappa shape index (κ2) is 22.5. The molecule has 3 saturated heterocycles. The van der Waals surface area contributed by atoms with Gasteiger partial charge in [0, 0.05) is 38.1 Å². The Morgan fingerprint density at radius 2 is 1.51 bits per heavy atom. The Labute approximate surface area is 384 Å². The van der Waals surface area contributed by atoms with Crippen LogP contribution >= 0.6 is 0 Å². The normalized spacial score (nSPS) is 43.5. The molecule has 3 rings (SSSR count). The fraction of sp³-hybridized carbons (Fsp3) is 0.936. The largest absolute Gasteiger partial charge is 0.459 e. The van der Waals surface area contributed by atoms with Crippen LogP contribution in [0.15, 0.2) is 12.7 Å². The monoisotopic (exact) mass is 933 g/mol. The van der Waals surface area contributed by atoms with E-state index in [1.54, 1.807) is 27.0 Å². The minimum Gasteiger partial charge on any atom is -0.459 e. The SMILES string of the molecule is C=CCO[C@]1(C)C[C@@H](C)CN(C)[C@H](C)[C@@H](O)[C@](C)(O)[C@@H](CC)OC(=O)[C@H](C)[C@@H](O[C@H]2C[C@](C)(OC)[C@@H](O[Si](C)(C)C)[C@H](C)O2)[C@H](C)[C@H]1O[C@@H]1O[C@H](C)C[C@H](N(C)C)[C@H]1O[Si](C)(C)C. The van der Waals surface area contributed by atoms with Gasteiger partial charge in [0.15, 0.2) is 29.2 Å². The van der Waals surface area contributed by atoms with Crippen molar-refractivity contribution in [1.82, 2.24) is 9.80 Å². The zero-order valence-corrected chi connectivity index (χ0v) is 45.1. The molecular weight excluding hydrogens is 841 g/mol. The van der Waals surface area contributed by atoms with Crippen molar-refractivity contribution in [2.45, 2.75) is 225 Å². The van der Waals surface area contributed by atoms with Crippen molar-refractivity contribution in [3.8, 4) is 0 Å². The molecule has 0 aromatic carbocycles. The van der Waals surface area contributed by atoms with Crippen molar-refractivity contribution in [2.24, 2.45) is 17.8 Å². The van der Waals surface area contributed by atoms with Crippen LogP contribution in [0.2, 0.25) is 39.3 Å². The van der Waals surface area contributed by atoms with Gasteiger partial charge in [-0.05, 0) is 134 Å². The molecule has 0 unspecified atom stereocenters. The maximum Gasteiger partial charge on any atom is 0.311 e. The van der Waals surface area contributed by atoms with Crippen LogP contribution in [-0.4, -0.2) is 174 Å². The van der Waals surface area contributed by atoms with Crippen LogP contribution in [0, 0.1) is 17.8 Å². The van der Waals surface area contributed by atoms with E-state index in [2.05, 4.69) is 85.6 Å². The summed E-state index contributed by atoms with van der Waals surface area (Å²) in [6, 6.07) is -0.493. The first-order valence-corrected chi connectivity index (χ1v) is 30.4. The minimum atomic E-state index is -2.16. The molecule has 3 aliphatic rings. The third-order valence-electron chi connectivity index (χ3n) is 13.6. The Morgan fingerprint density at radius 1 is 0.905 bits per heavy atom. The molecule has 0 radical (unpaired) electrons. The lowest BCUT2D eigenvalue weighted by molar-refractivity contribution is -0.317. The van der Waals surface area contributed by atoms with Crippen LogP contribution in [0.1, 0.15) is 94.9 Å². The Kier molecular flexibility index (Phi) is 20.2. The summed E-state index contributed by atoms with van der Waals surface area (Å²) < 4.78 is 61.2. The highest BCUT2D eigenvalue weighted by Gasteiger charge is 2.54. The minimum absolute atomic E-state index is 0.00114. The first-order chi connectivity index (χ1) is 28.8. The van der Waals surface area contributed by atoms with Gasteiger partial charge in [0.1, 0.15) is 23.9 Å². The first-order valence-electron chi connectivity index (χ1n) is 23.6. The standard InChI is InChI=1S/C47H92N2O12Si2/c1-22-24-54-46(10)26-29(3)28-49(14)33(7)40(50)47(11,52)36(23-2)57-43(51)32(6)38(58-37-27-45(9,53-15)42(34(8)56-37)61-63(19,20)21)31(5)41(46)59-44-39(60-62(16,17)18)35(48(12)13)25-30(4)55-44/h22,29-42,44,50,52H,1,23-28H2,2-21H3/t29-,30-,31+,32-,33-,34+,35+,36-,37+,38+,39-,40-,41-,42+,44+,45+,46-,47-/m1/s1. The smallest absolute Gasteiger partial charge is 0.311 e. The molecule has 0 amide bonds. The van der Waals surface area contributed by atoms with Gasteiger partial charge in [-0.2, -0.15) is 0 Å². The number of esters is 1. The molecule has 63 heavy (non-hydrogen) atoms. The number of aliphatic hydroxyl groups excluding tert-OH is 1. The van der Waals surface area contributed by atoms with E-state index in [0.29, 0.717) is 19.4 Å². The highest BCUT2D eigenvalue weighted by atomic mass is 28.4. The van der Waals surface area contributed by atoms with Crippen molar-refractivity contribution in [1.29, 1.82) is 0 Å². The second-order valence-corrected chi connectivity index (χ2v) is 31.1. The molecule has 16 heteroatoms. The molecule has 0 aromatic heterocycles. The van der Waals surface area contributed by atoms with Crippen molar-refractivity contribution in [3.05, 3.63) is 12.7 Å². The van der Waals surface area contributed by atoms with Crippen LogP contribution < -0.4 is 0 Å². The number of ether oxygens (including phenoxy) is 7. The van der Waals surface area contributed by atoms with Gasteiger partial charge in [-0.15, -0.1) is 6.58 Å². The number of nitrogens with zero attached hydrogens (tertiary/aromatic N) is 2. The van der Waals surface area contributed by atoms with Gasteiger partial charge in [-0.3, -0.25) is 4.79 Å². The summed E-state index contributed by atoms with van der Waals surface area (Å²) in [6.07, 6.45) is -3.26. The summed E-state index contributed by atoms with van der Waals surface area (Å²) in [4.78, 5) is 19.0. The van der Waals surface area contributed by atoms with Gasteiger partial charge in [0.25, 0.3) is 0 Å². The number of hydrogen-bond donors (Lipinski definition) is 2. The molecular formula is C47H92N2O12Si2. The van der Waals surface area contributed by atoms with Crippen molar-refractivity contribution in [3.63, 3.8) is 0 Å². The lowest BCUT2D eigenvalue weighted by atomic mass is 9.77. The van der Waals surface area contributed by atoms with E-state index in [-0.39, 0.29) is 37.2 Å². The molecule has 0 aromatic rings. The van der Waals surface area contributed by atoms with Crippen LogP contribution in [-0.2, 0) is 46.8 Å². The number of cyclic esters (lactones) is 1. The predicted molar refractivity (Wildman–Crippen MR) is 253 cm³/mol. The van der Waals surface area contributed by atoms with E-state index in [0.717, 1.165) is 6.42 Å². The van der Waals surface area contributed by atoms with Gasteiger partial charge >= 0.3 is 5.97 Å². The number of carbonyl (C=O) groups is 1. The van der Waals surface area contributed by atoms with Crippen molar-refractivity contribution in [2.75, 3.05) is 41.4 Å². The lowest BCUT2D eigenvalue weighted by Crippen LogP contribution is -2.62. The molecule has 2 N–H and O–H groups in total. The summed E-state index contributed by atoms with van der Waals surface area (Å²) in [6.45, 7) is 37.1. The Bertz CT molecular complexity index is 1450. The molecule has 0 bridgehead atoms. The zero-order chi connectivity index (χ0) is 48.2. The summed E-state index contributed by atoms with van der Waals surface area (Å²) in [5.74, 6) is -2.08. The number of hydrogen-bond acceptors (Lipinski definition) is 14. The van der Waals surface area contributed by atoms with E-state index < -0.39 is 106 Å². The Hall–Kier alpha value is -0.836. The van der Waals surface area contributed by atoms with E-state index >= 15 is 0 Å². The van der Waals surface area contributed by atoms with E-state index in [9.17, 15) is 15.0 Å². The highest BCUT2D eigenvalue weighted by Crippen LogP contribution is 2.43. The van der Waals surface area contributed by atoms with E-state index in [4.69, 9.17) is 42.0 Å². The Balaban J connectivity index is 2.34. The Morgan fingerprint density at radius 3 is 2.03 bits per heavy atom. The van der Waals surface area contributed by atoms with Gasteiger partial charge in [0.05, 0.1) is 54.2 Å². The van der Waals surface area contributed by atoms with Gasteiger partial charge < -0.3 is 62.0 Å². The van der Waals surface area contributed by atoms with Crippen molar-refractivity contribution < 1.29 is 57.0 Å². The molecule has 14 nitrogen and oxygen atoms in total. The van der Waals surface area contributed by atoms with Gasteiger partial charge in [-0.1, -0.05) is 26.8 Å². The predicted octanol–water partition coefficient (Wildman–Crippen LogP) is 6.83. The summed E-state index contributed by atoms with van der Waals surface area (Å²) in [7, 11) is 3.57. The third kappa shape index (κ3) is 14.6. The average Bonchev–Trinajstić information content (AvgIpc) is 3.16. The molecule has 3 aliphatic heterocycles. The first kappa shape index (κ1) is 56.5. The van der Waals surface area contributed by atoms with Gasteiger partial charge in [0.2, 0.25) is 0 Å². The zero-order valence-electron chi connectivity index (χ0n) is 43.1. The molecule has 3 heterocycles. The summed E-state index contributed by atoms with van der Waals surface area (Å²) >= 11 is 0. The number of methoxy groups -OCH3 is 1. The number of aliphatic hydroxyl groups is 2. The van der Waals surface area contributed by atoms with E-state index in [1.807, 2.05) is 46.6 Å². The topological polar surface area (TPSA) is 147 Å². The van der Waals surface area contributed by atoms with Crippen LogP contribution in [0.3, 0.4) is 0 Å². The molecule has 0 aliphatic carbocycles. The molecule has 0 saturated carbocycles. The van der Waals surface area contributed by atoms with Gasteiger partial charge in [-0.25, -0.2) is 0 Å².